The van der Waals surface area contributed by atoms with Gasteiger partial charge in [-0.15, -0.1) is 0 Å². The number of carbonyl (C=O) groups excluding carboxylic acids is 1. The van der Waals surface area contributed by atoms with Crippen molar-refractivity contribution in [3.63, 3.8) is 0 Å². The van der Waals surface area contributed by atoms with E-state index < -0.39 is 0 Å². The molecule has 0 N–H and O–H groups in total. The summed E-state index contributed by atoms with van der Waals surface area (Å²) in [6, 6.07) is 0. The second kappa shape index (κ2) is 14.9. The third-order valence-corrected chi connectivity index (χ3v) is 12.4. The van der Waals surface area contributed by atoms with E-state index in [4.69, 9.17) is 4.74 Å². The summed E-state index contributed by atoms with van der Waals surface area (Å²) in [5.74, 6) is 3.71. The Kier molecular flexibility index (Phi) is 11.9. The molecule has 2 nitrogen and oxygen atoms in total. The van der Waals surface area contributed by atoms with E-state index in [0.717, 1.165) is 42.9 Å². The second-order valence-corrected chi connectivity index (χ2v) is 14.9. The summed E-state index contributed by atoms with van der Waals surface area (Å²) < 4.78 is 6.05. The highest BCUT2D eigenvalue weighted by Gasteiger charge is 2.58. The molecule has 0 unspecified atom stereocenters. The number of allylic oxidation sites excluding steroid dienone is 1. The highest BCUT2D eigenvalue weighted by molar-refractivity contribution is 5.69. The predicted molar refractivity (Wildman–Crippen MR) is 166 cm³/mol. The van der Waals surface area contributed by atoms with Gasteiger partial charge in [-0.3, -0.25) is 4.79 Å². The van der Waals surface area contributed by atoms with Gasteiger partial charge in [0, 0.05) is 12.8 Å². The van der Waals surface area contributed by atoms with Crippen LogP contribution in [0.5, 0.6) is 0 Å². The SMILES string of the molecule is CCCCCCCCCC(=O)O[C@H]1CC[C@@]2(C)C(=CC[C@H]3[C@@H]4CC[C@H](CCCCCCCC)[C@@]4(C)CC[C@@H]32)C1. The summed E-state index contributed by atoms with van der Waals surface area (Å²) in [6.07, 6.45) is 32.7. The van der Waals surface area contributed by atoms with E-state index in [2.05, 4.69) is 33.8 Å². The Hall–Kier alpha value is -0.790. The lowest BCUT2D eigenvalue weighted by atomic mass is 9.47. The van der Waals surface area contributed by atoms with Crippen molar-refractivity contribution in [2.45, 2.75) is 181 Å². The van der Waals surface area contributed by atoms with Crippen LogP contribution in [-0.2, 0) is 9.53 Å². The molecule has 224 valence electrons. The topological polar surface area (TPSA) is 26.3 Å². The molecule has 0 aliphatic heterocycles. The van der Waals surface area contributed by atoms with Crippen molar-refractivity contribution >= 4 is 5.97 Å². The lowest BCUT2D eigenvalue weighted by Crippen LogP contribution is -2.50. The van der Waals surface area contributed by atoms with E-state index in [1.54, 1.807) is 5.57 Å². The fraction of sp³-hybridized carbons (Fsp3) is 0.919. The van der Waals surface area contributed by atoms with E-state index in [9.17, 15) is 4.79 Å². The standard InChI is InChI=1S/C37H64O2/c1-5-7-9-11-13-15-17-19-35(38)39-31-24-26-37(4)30(28-31)20-22-32-33-23-21-29(18-16-14-12-10-8-6-2)36(33,3)27-25-34(32)37/h20,29,31-34H,5-19,21-28H2,1-4H3/t29-,31-,32-,33-,34-,36+,37-/m0/s1. The van der Waals surface area contributed by atoms with Gasteiger partial charge in [-0.1, -0.05) is 116 Å². The number of ether oxygens (including phenoxy) is 1. The van der Waals surface area contributed by atoms with Crippen LogP contribution in [0.25, 0.3) is 0 Å². The Morgan fingerprint density at radius 2 is 1.46 bits per heavy atom. The number of carbonyl (C=O) groups is 1. The maximum Gasteiger partial charge on any atom is 0.306 e. The van der Waals surface area contributed by atoms with Crippen molar-refractivity contribution < 1.29 is 9.53 Å². The molecule has 0 bridgehead atoms. The maximum atomic E-state index is 12.6. The summed E-state index contributed by atoms with van der Waals surface area (Å²) in [6.45, 7) is 9.88. The second-order valence-electron chi connectivity index (χ2n) is 14.9. The number of esters is 1. The molecule has 0 aromatic carbocycles. The molecular weight excluding hydrogens is 476 g/mol. The quantitative estimate of drug-likeness (QED) is 0.110. The fourth-order valence-electron chi connectivity index (χ4n) is 9.95. The minimum Gasteiger partial charge on any atom is -0.462 e. The van der Waals surface area contributed by atoms with Crippen LogP contribution in [0.3, 0.4) is 0 Å². The Balaban J connectivity index is 1.24. The molecule has 3 fully saturated rings. The molecule has 0 saturated heterocycles. The van der Waals surface area contributed by atoms with Crippen molar-refractivity contribution in [3.8, 4) is 0 Å². The molecule has 4 aliphatic carbocycles. The molecule has 39 heavy (non-hydrogen) atoms. The van der Waals surface area contributed by atoms with Crippen molar-refractivity contribution in [1.29, 1.82) is 0 Å². The van der Waals surface area contributed by atoms with Gasteiger partial charge in [-0.2, -0.15) is 0 Å². The monoisotopic (exact) mass is 540 g/mol. The molecule has 4 rings (SSSR count). The molecule has 0 radical (unpaired) electrons. The smallest absolute Gasteiger partial charge is 0.306 e. The normalized spacial score (nSPS) is 35.6. The minimum absolute atomic E-state index is 0.0576. The van der Waals surface area contributed by atoms with Crippen molar-refractivity contribution in [2.24, 2.45) is 34.5 Å². The number of hydrogen-bond donors (Lipinski definition) is 0. The number of fused-ring (bicyclic) bond motifs is 5. The maximum absolute atomic E-state index is 12.6. The van der Waals surface area contributed by atoms with Crippen LogP contribution in [0, 0.1) is 34.5 Å². The number of unbranched alkanes of at least 4 members (excludes halogenated alkanes) is 11. The molecule has 0 amide bonds. The average Bonchev–Trinajstić information content (AvgIpc) is 3.26. The van der Waals surface area contributed by atoms with Crippen molar-refractivity contribution in [3.05, 3.63) is 11.6 Å². The average molecular weight is 541 g/mol. The van der Waals surface area contributed by atoms with Gasteiger partial charge in [-0.25, -0.2) is 0 Å². The van der Waals surface area contributed by atoms with Crippen molar-refractivity contribution in [1.82, 2.24) is 0 Å². The van der Waals surface area contributed by atoms with Crippen molar-refractivity contribution in [2.75, 3.05) is 0 Å². The summed E-state index contributed by atoms with van der Waals surface area (Å²) >= 11 is 0. The first-order valence-corrected chi connectivity index (χ1v) is 17.8. The van der Waals surface area contributed by atoms with E-state index in [1.807, 2.05) is 0 Å². The third-order valence-electron chi connectivity index (χ3n) is 12.4. The molecule has 7 atom stereocenters. The number of hydrogen-bond acceptors (Lipinski definition) is 2. The van der Waals surface area contributed by atoms with Gasteiger partial charge in [-0.05, 0) is 92.3 Å². The molecular formula is C37H64O2. The fourth-order valence-corrected chi connectivity index (χ4v) is 9.95. The summed E-state index contributed by atoms with van der Waals surface area (Å²) in [5.41, 5.74) is 2.59. The van der Waals surface area contributed by atoms with E-state index in [0.29, 0.717) is 17.3 Å². The zero-order valence-corrected chi connectivity index (χ0v) is 26.5. The Labute approximate surface area is 242 Å². The van der Waals surface area contributed by atoms with E-state index >= 15 is 0 Å². The van der Waals surface area contributed by atoms with Gasteiger partial charge >= 0.3 is 5.97 Å². The highest BCUT2D eigenvalue weighted by Crippen LogP contribution is 2.66. The van der Waals surface area contributed by atoms with Gasteiger partial charge in [0.05, 0.1) is 0 Å². The number of rotatable bonds is 16. The first-order chi connectivity index (χ1) is 18.9. The van der Waals surface area contributed by atoms with Crippen LogP contribution in [-0.4, -0.2) is 12.1 Å². The first-order valence-electron chi connectivity index (χ1n) is 17.8. The minimum atomic E-state index is 0.0576. The lowest BCUT2D eigenvalue weighted by Gasteiger charge is -2.58. The largest absolute Gasteiger partial charge is 0.462 e. The van der Waals surface area contributed by atoms with Crippen LogP contribution >= 0.6 is 0 Å². The van der Waals surface area contributed by atoms with Gasteiger partial charge in [0.2, 0.25) is 0 Å². The van der Waals surface area contributed by atoms with Gasteiger partial charge in [0.25, 0.3) is 0 Å². The van der Waals surface area contributed by atoms with Crippen LogP contribution < -0.4 is 0 Å². The summed E-state index contributed by atoms with van der Waals surface area (Å²) in [4.78, 5) is 12.6. The molecule has 4 aliphatic rings. The predicted octanol–water partition coefficient (Wildman–Crippen LogP) is 11.4. The van der Waals surface area contributed by atoms with Crippen LogP contribution in [0.2, 0.25) is 0 Å². The molecule has 3 saturated carbocycles. The molecule has 0 aromatic rings. The highest BCUT2D eigenvalue weighted by atomic mass is 16.5. The zero-order valence-electron chi connectivity index (χ0n) is 26.5. The third kappa shape index (κ3) is 7.54. The van der Waals surface area contributed by atoms with E-state index in [1.165, 1.54) is 122 Å². The summed E-state index contributed by atoms with van der Waals surface area (Å²) in [5, 5.41) is 0. The molecule has 0 aromatic heterocycles. The summed E-state index contributed by atoms with van der Waals surface area (Å²) in [7, 11) is 0. The van der Waals surface area contributed by atoms with Crippen LogP contribution in [0.4, 0.5) is 0 Å². The van der Waals surface area contributed by atoms with Crippen LogP contribution in [0.1, 0.15) is 175 Å². The Morgan fingerprint density at radius 1 is 0.795 bits per heavy atom. The Bertz CT molecular complexity index is 784. The lowest BCUT2D eigenvalue weighted by molar-refractivity contribution is -0.151. The first kappa shape index (κ1) is 31.2. The van der Waals surface area contributed by atoms with Crippen LogP contribution in [0.15, 0.2) is 11.6 Å². The van der Waals surface area contributed by atoms with Gasteiger partial charge in [0.1, 0.15) is 6.10 Å². The van der Waals surface area contributed by atoms with Gasteiger partial charge in [0.15, 0.2) is 0 Å². The Morgan fingerprint density at radius 3 is 2.18 bits per heavy atom. The van der Waals surface area contributed by atoms with Gasteiger partial charge < -0.3 is 4.74 Å². The zero-order chi connectivity index (χ0) is 27.7. The molecule has 0 spiro atoms. The van der Waals surface area contributed by atoms with E-state index in [-0.39, 0.29) is 12.1 Å². The molecule has 2 heteroatoms. The molecule has 0 heterocycles.